The molecule has 0 aliphatic rings. The van der Waals surface area contributed by atoms with Gasteiger partial charge in [-0.2, -0.15) is 0 Å². The van der Waals surface area contributed by atoms with Crippen molar-refractivity contribution in [3.63, 3.8) is 0 Å². The lowest BCUT2D eigenvalue weighted by molar-refractivity contribution is 0.210. The number of imidazole rings is 1. The van der Waals surface area contributed by atoms with Crippen molar-refractivity contribution >= 4 is 5.65 Å². The standard InChI is InChI=1S/C10H13N3O/c1-10(11,7-14)8-2-4-13-5-3-12-9(13)6-8/h2-6,14H,7,11H2,1H3/t10-/m1/s1. The van der Waals surface area contributed by atoms with E-state index >= 15 is 0 Å². The monoisotopic (exact) mass is 191 g/mol. The largest absolute Gasteiger partial charge is 0.394 e. The van der Waals surface area contributed by atoms with Crippen LogP contribution in [0.15, 0.2) is 30.7 Å². The Hall–Kier alpha value is -1.39. The minimum absolute atomic E-state index is 0.0795. The van der Waals surface area contributed by atoms with Gasteiger partial charge in [-0.1, -0.05) is 0 Å². The maximum absolute atomic E-state index is 9.12. The van der Waals surface area contributed by atoms with Crippen LogP contribution in [-0.2, 0) is 5.54 Å². The van der Waals surface area contributed by atoms with Crippen molar-refractivity contribution in [1.82, 2.24) is 9.38 Å². The molecule has 0 aromatic carbocycles. The Labute approximate surface area is 82.0 Å². The van der Waals surface area contributed by atoms with Gasteiger partial charge >= 0.3 is 0 Å². The maximum atomic E-state index is 9.12. The molecule has 0 amide bonds. The van der Waals surface area contributed by atoms with Crippen LogP contribution in [0.2, 0.25) is 0 Å². The number of rotatable bonds is 2. The highest BCUT2D eigenvalue weighted by atomic mass is 16.3. The van der Waals surface area contributed by atoms with Crippen LogP contribution in [0.5, 0.6) is 0 Å². The molecule has 0 saturated heterocycles. The predicted octanol–water partition coefficient (Wildman–Crippen LogP) is 0.500. The van der Waals surface area contributed by atoms with Crippen molar-refractivity contribution < 1.29 is 5.11 Å². The van der Waals surface area contributed by atoms with Gasteiger partial charge in [0, 0.05) is 18.6 Å². The summed E-state index contributed by atoms with van der Waals surface area (Å²) in [7, 11) is 0. The molecular weight excluding hydrogens is 178 g/mol. The first-order valence-corrected chi connectivity index (χ1v) is 4.46. The van der Waals surface area contributed by atoms with Gasteiger partial charge in [0.15, 0.2) is 0 Å². The fraction of sp³-hybridized carbons (Fsp3) is 0.300. The van der Waals surface area contributed by atoms with E-state index in [2.05, 4.69) is 4.98 Å². The van der Waals surface area contributed by atoms with Crippen LogP contribution in [0, 0.1) is 0 Å². The Balaban J connectivity index is 2.53. The molecule has 0 radical (unpaired) electrons. The number of nitrogens with zero attached hydrogens (tertiary/aromatic N) is 2. The summed E-state index contributed by atoms with van der Waals surface area (Å²) < 4.78 is 1.90. The van der Waals surface area contributed by atoms with Crippen LogP contribution >= 0.6 is 0 Å². The molecule has 2 heterocycles. The van der Waals surface area contributed by atoms with Crippen molar-refractivity contribution in [2.24, 2.45) is 5.73 Å². The molecule has 4 heteroatoms. The number of hydrogen-bond donors (Lipinski definition) is 2. The summed E-state index contributed by atoms with van der Waals surface area (Å²) in [6.45, 7) is 1.71. The van der Waals surface area contributed by atoms with E-state index in [0.29, 0.717) is 0 Å². The summed E-state index contributed by atoms with van der Waals surface area (Å²) in [4.78, 5) is 4.15. The molecule has 2 aromatic rings. The van der Waals surface area contributed by atoms with Gasteiger partial charge in [0.25, 0.3) is 0 Å². The fourth-order valence-corrected chi connectivity index (χ4v) is 1.36. The maximum Gasteiger partial charge on any atom is 0.136 e. The van der Waals surface area contributed by atoms with Crippen LogP contribution < -0.4 is 5.73 Å². The van der Waals surface area contributed by atoms with Gasteiger partial charge in [-0.15, -0.1) is 0 Å². The van der Waals surface area contributed by atoms with E-state index < -0.39 is 5.54 Å². The van der Waals surface area contributed by atoms with E-state index in [4.69, 9.17) is 10.8 Å². The van der Waals surface area contributed by atoms with Crippen molar-refractivity contribution in [2.75, 3.05) is 6.61 Å². The average molecular weight is 191 g/mol. The zero-order chi connectivity index (χ0) is 10.2. The third kappa shape index (κ3) is 1.38. The van der Waals surface area contributed by atoms with Gasteiger partial charge in [-0.3, -0.25) is 0 Å². The lowest BCUT2D eigenvalue weighted by Gasteiger charge is -2.22. The molecule has 0 aliphatic heterocycles. The number of fused-ring (bicyclic) bond motifs is 1. The molecule has 0 bridgehead atoms. The summed E-state index contributed by atoms with van der Waals surface area (Å²) >= 11 is 0. The van der Waals surface area contributed by atoms with Gasteiger partial charge in [-0.05, 0) is 24.6 Å². The first-order chi connectivity index (χ1) is 6.63. The van der Waals surface area contributed by atoms with Crippen molar-refractivity contribution in [3.8, 4) is 0 Å². The normalized spacial score (nSPS) is 15.6. The average Bonchev–Trinajstić information content (AvgIpc) is 2.64. The number of hydrogen-bond acceptors (Lipinski definition) is 3. The van der Waals surface area contributed by atoms with Crippen LogP contribution in [0.4, 0.5) is 0 Å². The SMILES string of the molecule is C[C@@](N)(CO)c1ccn2ccnc2c1. The first kappa shape index (κ1) is 9.18. The van der Waals surface area contributed by atoms with E-state index in [1.54, 1.807) is 13.1 Å². The van der Waals surface area contributed by atoms with Gasteiger partial charge in [0.2, 0.25) is 0 Å². The van der Waals surface area contributed by atoms with Gasteiger partial charge in [0.05, 0.1) is 12.1 Å². The fourth-order valence-electron chi connectivity index (χ4n) is 1.36. The number of aliphatic hydroxyl groups is 1. The second-order valence-electron chi connectivity index (χ2n) is 3.68. The Morgan fingerprint density at radius 3 is 3.07 bits per heavy atom. The zero-order valence-corrected chi connectivity index (χ0v) is 8.01. The molecule has 0 spiro atoms. The van der Waals surface area contributed by atoms with Crippen molar-refractivity contribution in [2.45, 2.75) is 12.5 Å². The number of aromatic nitrogens is 2. The first-order valence-electron chi connectivity index (χ1n) is 4.46. The summed E-state index contributed by atoms with van der Waals surface area (Å²) in [6, 6.07) is 3.78. The lowest BCUT2D eigenvalue weighted by Crippen LogP contribution is -2.36. The van der Waals surface area contributed by atoms with Gasteiger partial charge in [-0.25, -0.2) is 4.98 Å². The van der Waals surface area contributed by atoms with E-state index in [1.807, 2.05) is 28.9 Å². The topological polar surface area (TPSA) is 63.5 Å². The third-order valence-electron chi connectivity index (χ3n) is 2.39. The van der Waals surface area contributed by atoms with Gasteiger partial charge < -0.3 is 15.2 Å². The Morgan fingerprint density at radius 1 is 1.57 bits per heavy atom. The van der Waals surface area contributed by atoms with E-state index in [0.717, 1.165) is 11.2 Å². The van der Waals surface area contributed by atoms with Crippen molar-refractivity contribution in [1.29, 1.82) is 0 Å². The Kier molecular flexibility index (Phi) is 2.02. The molecule has 0 aliphatic carbocycles. The van der Waals surface area contributed by atoms with Crippen LogP contribution in [0.3, 0.4) is 0 Å². The summed E-state index contributed by atoms with van der Waals surface area (Å²) in [5.41, 5.74) is 6.94. The van der Waals surface area contributed by atoms with E-state index in [1.165, 1.54) is 0 Å². The quantitative estimate of drug-likeness (QED) is 0.726. The Morgan fingerprint density at radius 2 is 2.36 bits per heavy atom. The molecule has 0 fully saturated rings. The molecule has 14 heavy (non-hydrogen) atoms. The highest BCUT2D eigenvalue weighted by Crippen LogP contribution is 2.17. The second kappa shape index (κ2) is 3.08. The smallest absolute Gasteiger partial charge is 0.136 e. The number of nitrogens with two attached hydrogens (primary N) is 1. The zero-order valence-electron chi connectivity index (χ0n) is 8.01. The predicted molar refractivity (Wildman–Crippen MR) is 53.8 cm³/mol. The molecule has 4 nitrogen and oxygen atoms in total. The van der Waals surface area contributed by atoms with Crippen LogP contribution in [0.1, 0.15) is 12.5 Å². The third-order valence-corrected chi connectivity index (χ3v) is 2.39. The summed E-state index contributed by atoms with van der Waals surface area (Å²) in [6.07, 6.45) is 5.48. The minimum atomic E-state index is -0.701. The highest BCUT2D eigenvalue weighted by molar-refractivity contribution is 5.43. The molecule has 1 atom stereocenters. The molecule has 0 unspecified atom stereocenters. The molecule has 3 N–H and O–H groups in total. The number of pyridine rings is 1. The number of aliphatic hydroxyl groups excluding tert-OH is 1. The van der Waals surface area contributed by atoms with Gasteiger partial charge in [0.1, 0.15) is 5.65 Å². The molecule has 0 saturated carbocycles. The molecule has 2 rings (SSSR count). The Bertz CT molecular complexity index is 447. The second-order valence-corrected chi connectivity index (χ2v) is 3.68. The van der Waals surface area contributed by atoms with E-state index in [-0.39, 0.29) is 6.61 Å². The highest BCUT2D eigenvalue weighted by Gasteiger charge is 2.20. The minimum Gasteiger partial charge on any atom is -0.394 e. The van der Waals surface area contributed by atoms with Crippen molar-refractivity contribution in [3.05, 3.63) is 36.3 Å². The van der Waals surface area contributed by atoms with E-state index in [9.17, 15) is 0 Å². The van der Waals surface area contributed by atoms with Crippen LogP contribution in [0.25, 0.3) is 5.65 Å². The summed E-state index contributed by atoms with van der Waals surface area (Å²) in [5, 5.41) is 9.12. The molecular formula is C10H13N3O. The molecule has 2 aromatic heterocycles. The molecule has 74 valence electrons. The van der Waals surface area contributed by atoms with Crippen LogP contribution in [-0.4, -0.2) is 21.1 Å². The summed E-state index contributed by atoms with van der Waals surface area (Å²) in [5.74, 6) is 0. The lowest BCUT2D eigenvalue weighted by atomic mass is 9.95.